The van der Waals surface area contributed by atoms with Gasteiger partial charge in [0.15, 0.2) is 6.04 Å². The Morgan fingerprint density at radius 3 is 2.37 bits per heavy atom. The first kappa shape index (κ1) is 16.9. The first-order chi connectivity index (χ1) is 8.77. The van der Waals surface area contributed by atoms with E-state index in [2.05, 4.69) is 26.7 Å². The molecule has 3 N–H and O–H groups in total. The zero-order valence-electron chi connectivity index (χ0n) is 11.1. The van der Waals surface area contributed by atoms with Gasteiger partial charge in [0.05, 0.1) is 19.0 Å². The molecule has 0 aromatic carbocycles. The molecular weight excluding hydrogens is 256 g/mol. The largest absolute Gasteiger partial charge is 0.467 e. The van der Waals surface area contributed by atoms with Crippen LogP contribution in [0.25, 0.3) is 0 Å². The van der Waals surface area contributed by atoms with E-state index < -0.39 is 36.7 Å². The molecule has 0 aromatic rings. The van der Waals surface area contributed by atoms with Crippen molar-refractivity contribution in [3.63, 3.8) is 0 Å². The molecule has 0 unspecified atom stereocenters. The number of alkyl carbamates (subject to hydrolysis) is 1. The molecule has 0 saturated carbocycles. The first-order valence-electron chi connectivity index (χ1n) is 5.44. The summed E-state index contributed by atoms with van der Waals surface area (Å²) in [6.07, 6.45) is -1.96. The van der Waals surface area contributed by atoms with E-state index in [-0.39, 0.29) is 5.76 Å². The summed E-state index contributed by atoms with van der Waals surface area (Å²) >= 11 is 0. The van der Waals surface area contributed by atoms with Crippen molar-refractivity contribution in [1.29, 1.82) is 0 Å². The molecular formula is C11H18N2O6. The molecule has 0 fully saturated rings. The topological polar surface area (TPSA) is 114 Å². The summed E-state index contributed by atoms with van der Waals surface area (Å²) in [6.45, 7) is 5.74. The third kappa shape index (κ3) is 7.04. The normalized spacial score (nSPS) is 12.8. The number of rotatable bonds is 6. The fourth-order valence-corrected chi connectivity index (χ4v) is 1.07. The first-order valence-corrected chi connectivity index (χ1v) is 5.44. The predicted molar refractivity (Wildman–Crippen MR) is 64.9 cm³/mol. The van der Waals surface area contributed by atoms with Crippen molar-refractivity contribution in [3.05, 3.63) is 12.3 Å². The summed E-state index contributed by atoms with van der Waals surface area (Å²) < 4.78 is 8.97. The highest BCUT2D eigenvalue weighted by molar-refractivity contribution is 5.87. The van der Waals surface area contributed by atoms with Gasteiger partial charge in [-0.2, -0.15) is 0 Å². The highest BCUT2D eigenvalue weighted by Gasteiger charge is 2.26. The standard InChI is InChI=1S/C11H18N2O6/c1-6(2)19-11(17)12-5-8(15)13-9(7(3)14)10(16)18-4/h7,9,14H,1,5H2,2-4H3,(H,12,17)(H,13,15)/t7-,9+/m1/s1. The van der Waals surface area contributed by atoms with Crippen LogP contribution in [0.4, 0.5) is 4.79 Å². The highest BCUT2D eigenvalue weighted by Crippen LogP contribution is 1.95. The molecule has 108 valence electrons. The molecule has 8 nitrogen and oxygen atoms in total. The predicted octanol–water partition coefficient (Wildman–Crippen LogP) is -0.715. The number of carbonyl (C=O) groups is 3. The van der Waals surface area contributed by atoms with E-state index in [1.807, 2.05) is 0 Å². The van der Waals surface area contributed by atoms with Gasteiger partial charge < -0.3 is 25.2 Å². The van der Waals surface area contributed by atoms with Gasteiger partial charge in [0.2, 0.25) is 5.91 Å². The van der Waals surface area contributed by atoms with Crippen molar-refractivity contribution in [2.24, 2.45) is 0 Å². The third-order valence-corrected chi connectivity index (χ3v) is 1.91. The van der Waals surface area contributed by atoms with Crippen molar-refractivity contribution in [3.8, 4) is 0 Å². The van der Waals surface area contributed by atoms with E-state index in [1.165, 1.54) is 13.8 Å². The van der Waals surface area contributed by atoms with Crippen molar-refractivity contribution in [2.75, 3.05) is 13.7 Å². The number of aliphatic hydroxyl groups is 1. The number of methoxy groups -OCH3 is 1. The number of hydrogen-bond donors (Lipinski definition) is 3. The number of carbonyl (C=O) groups excluding carboxylic acids is 3. The lowest BCUT2D eigenvalue weighted by atomic mass is 10.2. The SMILES string of the molecule is C=C(C)OC(=O)NCC(=O)N[C@H](C(=O)OC)[C@@H](C)O. The lowest BCUT2D eigenvalue weighted by Gasteiger charge is -2.18. The number of ether oxygens (including phenoxy) is 2. The molecule has 2 atom stereocenters. The van der Waals surface area contributed by atoms with E-state index >= 15 is 0 Å². The second-order valence-electron chi connectivity index (χ2n) is 3.75. The van der Waals surface area contributed by atoms with Gasteiger partial charge in [-0.25, -0.2) is 9.59 Å². The summed E-state index contributed by atoms with van der Waals surface area (Å²) in [4.78, 5) is 33.8. The Kier molecular flexibility index (Phi) is 7.20. The maximum Gasteiger partial charge on any atom is 0.412 e. The summed E-state index contributed by atoms with van der Waals surface area (Å²) in [5, 5.41) is 13.7. The summed E-state index contributed by atoms with van der Waals surface area (Å²) in [7, 11) is 1.13. The zero-order valence-corrected chi connectivity index (χ0v) is 11.1. The minimum absolute atomic E-state index is 0.175. The van der Waals surface area contributed by atoms with Gasteiger partial charge in [-0.1, -0.05) is 6.58 Å². The average Bonchev–Trinajstić information content (AvgIpc) is 2.31. The van der Waals surface area contributed by atoms with Gasteiger partial charge in [-0.3, -0.25) is 4.79 Å². The monoisotopic (exact) mass is 274 g/mol. The Balaban J connectivity index is 4.24. The molecule has 0 aliphatic rings. The Bertz CT molecular complexity index is 366. The fourth-order valence-electron chi connectivity index (χ4n) is 1.07. The lowest BCUT2D eigenvalue weighted by Crippen LogP contribution is -2.51. The van der Waals surface area contributed by atoms with Crippen LogP contribution in [0.2, 0.25) is 0 Å². The number of esters is 1. The van der Waals surface area contributed by atoms with Gasteiger partial charge in [-0.05, 0) is 13.8 Å². The summed E-state index contributed by atoms with van der Waals surface area (Å²) in [5.74, 6) is -1.28. The van der Waals surface area contributed by atoms with Gasteiger partial charge >= 0.3 is 12.1 Å². The van der Waals surface area contributed by atoms with Crippen LogP contribution in [-0.4, -0.2) is 48.9 Å². The van der Waals surface area contributed by atoms with E-state index in [1.54, 1.807) is 0 Å². The smallest absolute Gasteiger partial charge is 0.412 e. The molecule has 8 heteroatoms. The number of nitrogens with one attached hydrogen (secondary N) is 2. The number of hydrogen-bond acceptors (Lipinski definition) is 6. The van der Waals surface area contributed by atoms with Crippen LogP contribution < -0.4 is 10.6 Å². The van der Waals surface area contributed by atoms with Crippen LogP contribution in [0.15, 0.2) is 12.3 Å². The number of allylic oxidation sites excluding steroid dienone is 1. The maximum atomic E-state index is 11.4. The van der Waals surface area contributed by atoms with Crippen LogP contribution in [-0.2, 0) is 19.1 Å². The van der Waals surface area contributed by atoms with Crippen LogP contribution >= 0.6 is 0 Å². The quantitative estimate of drug-likeness (QED) is 0.435. The molecule has 0 heterocycles. The molecule has 0 aliphatic carbocycles. The highest BCUT2D eigenvalue weighted by atomic mass is 16.6. The minimum Gasteiger partial charge on any atom is -0.467 e. The van der Waals surface area contributed by atoms with E-state index in [9.17, 15) is 19.5 Å². The third-order valence-electron chi connectivity index (χ3n) is 1.91. The Morgan fingerprint density at radius 1 is 1.37 bits per heavy atom. The molecule has 0 bridgehead atoms. The van der Waals surface area contributed by atoms with Crippen LogP contribution in [0.1, 0.15) is 13.8 Å². The van der Waals surface area contributed by atoms with Crippen molar-refractivity contribution in [2.45, 2.75) is 26.0 Å². The summed E-state index contributed by atoms with van der Waals surface area (Å²) in [6, 6.07) is -1.20. The molecule has 0 saturated heterocycles. The second-order valence-corrected chi connectivity index (χ2v) is 3.75. The number of aliphatic hydroxyl groups excluding tert-OH is 1. The molecule has 19 heavy (non-hydrogen) atoms. The van der Waals surface area contributed by atoms with Gasteiger partial charge in [-0.15, -0.1) is 0 Å². The van der Waals surface area contributed by atoms with Crippen molar-refractivity contribution in [1.82, 2.24) is 10.6 Å². The van der Waals surface area contributed by atoms with Crippen LogP contribution in [0, 0.1) is 0 Å². The summed E-state index contributed by atoms with van der Waals surface area (Å²) in [5.41, 5.74) is 0. The zero-order chi connectivity index (χ0) is 15.0. The van der Waals surface area contributed by atoms with Gasteiger partial charge in [0.1, 0.15) is 6.54 Å². The van der Waals surface area contributed by atoms with Gasteiger partial charge in [0, 0.05) is 0 Å². The Labute approximate surface area is 110 Å². The van der Waals surface area contributed by atoms with Crippen molar-refractivity contribution >= 4 is 18.0 Å². The fraction of sp³-hybridized carbons (Fsp3) is 0.545. The molecule has 0 aliphatic heterocycles. The molecule has 0 radical (unpaired) electrons. The molecule has 0 rings (SSSR count). The second kappa shape index (κ2) is 8.09. The molecule has 2 amide bonds. The lowest BCUT2D eigenvalue weighted by molar-refractivity contribution is -0.147. The van der Waals surface area contributed by atoms with Crippen molar-refractivity contribution < 1.29 is 29.0 Å². The van der Waals surface area contributed by atoms with Crippen LogP contribution in [0.3, 0.4) is 0 Å². The van der Waals surface area contributed by atoms with Crippen LogP contribution in [0.5, 0.6) is 0 Å². The minimum atomic E-state index is -1.20. The van der Waals surface area contributed by atoms with Gasteiger partial charge in [0.25, 0.3) is 0 Å². The Morgan fingerprint density at radius 2 is 1.95 bits per heavy atom. The van der Waals surface area contributed by atoms with E-state index in [0.29, 0.717) is 0 Å². The van der Waals surface area contributed by atoms with E-state index in [4.69, 9.17) is 0 Å². The number of amides is 2. The van der Waals surface area contributed by atoms with E-state index in [0.717, 1.165) is 7.11 Å². The maximum absolute atomic E-state index is 11.4. The molecule has 0 spiro atoms. The average molecular weight is 274 g/mol. The molecule has 0 aromatic heterocycles. The Hall–Kier alpha value is -2.09.